The lowest BCUT2D eigenvalue weighted by Crippen LogP contribution is -2.51. The van der Waals surface area contributed by atoms with Gasteiger partial charge in [-0.15, -0.1) is 0 Å². The number of likely N-dealkylation sites (tertiary alicyclic amines) is 1. The van der Waals surface area contributed by atoms with Gasteiger partial charge in [0.2, 0.25) is 0 Å². The smallest absolute Gasteiger partial charge is 0.320 e. The summed E-state index contributed by atoms with van der Waals surface area (Å²) in [4.78, 5) is 16.6. The van der Waals surface area contributed by atoms with Crippen molar-refractivity contribution in [3.63, 3.8) is 0 Å². The Kier molecular flexibility index (Phi) is 4.26. The van der Waals surface area contributed by atoms with E-state index in [1.165, 1.54) is 6.42 Å². The van der Waals surface area contributed by atoms with Gasteiger partial charge in [0.1, 0.15) is 0 Å². The largest absolute Gasteiger partial charge is 0.324 e. The quantitative estimate of drug-likeness (QED) is 0.793. The fourth-order valence-corrected chi connectivity index (χ4v) is 3.00. The Bertz CT molecular complexity index is 263. The molecule has 2 saturated heterocycles. The summed E-state index contributed by atoms with van der Waals surface area (Å²) in [5, 5.41) is 3.34. The Morgan fingerprint density at radius 2 is 2.29 bits per heavy atom. The van der Waals surface area contributed by atoms with Gasteiger partial charge in [-0.05, 0) is 38.6 Å². The van der Waals surface area contributed by atoms with Crippen molar-refractivity contribution in [2.24, 2.45) is 5.92 Å². The van der Waals surface area contributed by atoms with Gasteiger partial charge >= 0.3 is 6.03 Å². The van der Waals surface area contributed by atoms with Crippen LogP contribution in [-0.4, -0.2) is 54.6 Å². The zero-order valence-corrected chi connectivity index (χ0v) is 11.1. The molecule has 0 saturated carbocycles. The van der Waals surface area contributed by atoms with Crippen molar-refractivity contribution in [2.75, 3.05) is 32.7 Å². The van der Waals surface area contributed by atoms with Crippen molar-refractivity contribution in [3.8, 4) is 0 Å². The Labute approximate surface area is 104 Å². The molecule has 2 rings (SSSR count). The van der Waals surface area contributed by atoms with Crippen LogP contribution in [0.5, 0.6) is 0 Å². The van der Waals surface area contributed by atoms with Crippen molar-refractivity contribution >= 4 is 6.03 Å². The maximum Gasteiger partial charge on any atom is 0.320 e. The molecule has 2 aliphatic heterocycles. The molecule has 4 nitrogen and oxygen atoms in total. The zero-order valence-electron chi connectivity index (χ0n) is 11.1. The van der Waals surface area contributed by atoms with Crippen LogP contribution in [0, 0.1) is 5.92 Å². The topological polar surface area (TPSA) is 35.6 Å². The van der Waals surface area contributed by atoms with E-state index in [1.54, 1.807) is 0 Å². The lowest BCUT2D eigenvalue weighted by molar-refractivity contribution is 0.120. The van der Waals surface area contributed by atoms with Gasteiger partial charge in [0, 0.05) is 32.2 Å². The van der Waals surface area contributed by atoms with Gasteiger partial charge in [-0.3, -0.25) is 0 Å². The first-order chi connectivity index (χ1) is 8.22. The van der Waals surface area contributed by atoms with Crippen molar-refractivity contribution < 1.29 is 4.79 Å². The number of rotatable bonds is 2. The van der Waals surface area contributed by atoms with Gasteiger partial charge in [-0.1, -0.05) is 6.92 Å². The highest BCUT2D eigenvalue weighted by Gasteiger charge is 2.30. The molecule has 17 heavy (non-hydrogen) atoms. The van der Waals surface area contributed by atoms with Gasteiger partial charge in [0.05, 0.1) is 0 Å². The van der Waals surface area contributed by atoms with Gasteiger partial charge in [0.15, 0.2) is 0 Å². The van der Waals surface area contributed by atoms with Gasteiger partial charge in [-0.25, -0.2) is 4.79 Å². The van der Waals surface area contributed by atoms with E-state index in [0.717, 1.165) is 45.6 Å². The van der Waals surface area contributed by atoms with Crippen LogP contribution >= 0.6 is 0 Å². The van der Waals surface area contributed by atoms with Crippen LogP contribution in [0.15, 0.2) is 0 Å². The van der Waals surface area contributed by atoms with E-state index in [4.69, 9.17) is 0 Å². The van der Waals surface area contributed by atoms with Gasteiger partial charge < -0.3 is 15.1 Å². The highest BCUT2D eigenvalue weighted by Crippen LogP contribution is 2.19. The highest BCUT2D eigenvalue weighted by atomic mass is 16.2. The Balaban J connectivity index is 1.95. The van der Waals surface area contributed by atoms with E-state index < -0.39 is 0 Å². The van der Waals surface area contributed by atoms with Gasteiger partial charge in [0.25, 0.3) is 0 Å². The first-order valence-electron chi connectivity index (χ1n) is 6.98. The van der Waals surface area contributed by atoms with E-state index in [0.29, 0.717) is 12.0 Å². The summed E-state index contributed by atoms with van der Waals surface area (Å²) in [6.45, 7) is 9.05. The molecular weight excluding hydrogens is 214 g/mol. The van der Waals surface area contributed by atoms with Crippen LogP contribution in [0.25, 0.3) is 0 Å². The normalized spacial score (nSPS) is 29.4. The number of amides is 2. The van der Waals surface area contributed by atoms with Crippen molar-refractivity contribution in [1.82, 2.24) is 15.1 Å². The number of nitrogens with zero attached hydrogens (tertiary/aromatic N) is 2. The average Bonchev–Trinajstić information content (AvgIpc) is 2.83. The molecular formula is C13H25N3O. The first-order valence-corrected chi connectivity index (χ1v) is 6.98. The summed E-state index contributed by atoms with van der Waals surface area (Å²) < 4.78 is 0. The fraction of sp³-hybridized carbons (Fsp3) is 0.923. The molecule has 2 heterocycles. The Morgan fingerprint density at radius 1 is 1.47 bits per heavy atom. The molecule has 2 fully saturated rings. The molecule has 2 unspecified atom stereocenters. The molecule has 4 heteroatoms. The maximum absolute atomic E-state index is 12.5. The zero-order chi connectivity index (χ0) is 12.3. The van der Waals surface area contributed by atoms with Crippen LogP contribution in [-0.2, 0) is 0 Å². The second kappa shape index (κ2) is 5.71. The molecule has 0 aromatic carbocycles. The average molecular weight is 239 g/mol. The predicted octanol–water partition coefficient (Wildman–Crippen LogP) is 1.52. The number of nitrogens with one attached hydrogen (secondary N) is 1. The summed E-state index contributed by atoms with van der Waals surface area (Å²) in [7, 11) is 0. The first kappa shape index (κ1) is 12.7. The highest BCUT2D eigenvalue weighted by molar-refractivity contribution is 5.75. The number of likely N-dealkylation sites (N-methyl/N-ethyl adjacent to an activating group) is 1. The van der Waals surface area contributed by atoms with E-state index >= 15 is 0 Å². The molecule has 2 atom stereocenters. The monoisotopic (exact) mass is 239 g/mol. The Morgan fingerprint density at radius 3 is 2.88 bits per heavy atom. The Hall–Kier alpha value is -0.770. The van der Waals surface area contributed by atoms with Crippen LogP contribution < -0.4 is 5.32 Å². The number of carbonyl (C=O) groups is 1. The van der Waals surface area contributed by atoms with Crippen molar-refractivity contribution in [2.45, 2.75) is 39.2 Å². The summed E-state index contributed by atoms with van der Waals surface area (Å²) >= 11 is 0. The third-order valence-corrected chi connectivity index (χ3v) is 3.99. The van der Waals surface area contributed by atoms with Crippen LogP contribution in [0.2, 0.25) is 0 Å². The summed E-state index contributed by atoms with van der Waals surface area (Å²) in [6, 6.07) is 0.664. The number of piperidine rings is 1. The second-order valence-corrected chi connectivity index (χ2v) is 5.41. The molecule has 0 radical (unpaired) electrons. The van der Waals surface area contributed by atoms with Crippen LogP contribution in [0.3, 0.4) is 0 Å². The van der Waals surface area contributed by atoms with Crippen LogP contribution in [0.1, 0.15) is 33.1 Å². The number of urea groups is 1. The molecule has 0 spiro atoms. The lowest BCUT2D eigenvalue weighted by atomic mass is 10.0. The molecule has 0 aromatic heterocycles. The fourth-order valence-electron chi connectivity index (χ4n) is 3.00. The molecule has 0 aromatic rings. The predicted molar refractivity (Wildman–Crippen MR) is 69.0 cm³/mol. The molecule has 1 N–H and O–H groups in total. The van der Waals surface area contributed by atoms with E-state index in [9.17, 15) is 4.79 Å². The number of carbonyl (C=O) groups excluding carboxylic acids is 1. The molecule has 98 valence electrons. The molecule has 2 aliphatic rings. The van der Waals surface area contributed by atoms with Crippen molar-refractivity contribution in [1.29, 1.82) is 0 Å². The summed E-state index contributed by atoms with van der Waals surface area (Å²) in [5.41, 5.74) is 0. The minimum Gasteiger partial charge on any atom is -0.324 e. The number of hydrogen-bond acceptors (Lipinski definition) is 2. The molecule has 0 bridgehead atoms. The third kappa shape index (κ3) is 2.92. The molecule has 0 aliphatic carbocycles. The lowest BCUT2D eigenvalue weighted by Gasteiger charge is -2.37. The standard InChI is InChI=1S/C13H25N3O/c1-3-16(12-6-7-14-9-12)13(17)15-8-4-5-11(2)10-15/h11-12,14H,3-10H2,1-2H3. The number of hydrogen-bond donors (Lipinski definition) is 1. The minimum absolute atomic E-state index is 0.257. The second-order valence-electron chi connectivity index (χ2n) is 5.41. The summed E-state index contributed by atoms with van der Waals surface area (Å²) in [5.74, 6) is 0.660. The molecule has 2 amide bonds. The van der Waals surface area contributed by atoms with Crippen LogP contribution in [0.4, 0.5) is 4.79 Å². The van der Waals surface area contributed by atoms with Crippen molar-refractivity contribution in [3.05, 3.63) is 0 Å². The van der Waals surface area contributed by atoms with Gasteiger partial charge in [-0.2, -0.15) is 0 Å². The SMILES string of the molecule is CCN(C(=O)N1CCCC(C)C1)C1CCNC1. The van der Waals surface area contributed by atoms with E-state index in [2.05, 4.69) is 29.0 Å². The van der Waals surface area contributed by atoms with E-state index in [-0.39, 0.29) is 6.03 Å². The maximum atomic E-state index is 12.5. The summed E-state index contributed by atoms with van der Waals surface area (Å²) in [6.07, 6.45) is 3.53. The minimum atomic E-state index is 0.257. The van der Waals surface area contributed by atoms with E-state index in [1.807, 2.05) is 0 Å². The third-order valence-electron chi connectivity index (χ3n) is 3.99.